The van der Waals surface area contributed by atoms with Crippen LogP contribution < -0.4 is 11.3 Å². The summed E-state index contributed by atoms with van der Waals surface area (Å²) in [7, 11) is 0. The second kappa shape index (κ2) is 7.35. The molecule has 5 heteroatoms. The van der Waals surface area contributed by atoms with E-state index < -0.39 is 0 Å². The maximum absolute atomic E-state index is 11.3. The molecule has 0 aliphatic heterocycles. The fourth-order valence-electron chi connectivity index (χ4n) is 1.35. The molecule has 0 aromatic carbocycles. The van der Waals surface area contributed by atoms with Gasteiger partial charge in [0.25, 0.3) is 5.91 Å². The van der Waals surface area contributed by atoms with E-state index in [1.165, 1.54) is 25.5 Å². The number of thioether (sulfide) groups is 1. The number of rotatable bonds is 7. The van der Waals surface area contributed by atoms with Crippen LogP contribution in [0.25, 0.3) is 0 Å². The summed E-state index contributed by atoms with van der Waals surface area (Å²) in [6.07, 6.45) is 5.20. The third-order valence-corrected chi connectivity index (χ3v) is 3.29. The van der Waals surface area contributed by atoms with Gasteiger partial charge in [-0.2, -0.15) is 11.8 Å². The topological polar surface area (TPSA) is 68.3 Å². The van der Waals surface area contributed by atoms with Crippen LogP contribution in [0.15, 0.2) is 16.7 Å². The van der Waals surface area contributed by atoms with Crippen molar-refractivity contribution in [2.45, 2.75) is 31.9 Å². The molecule has 1 aromatic heterocycles. The van der Waals surface area contributed by atoms with E-state index in [0.29, 0.717) is 11.3 Å². The number of hydrogen-bond acceptors (Lipinski definition) is 4. The Morgan fingerprint density at radius 1 is 1.56 bits per heavy atom. The Balaban J connectivity index is 2.36. The third kappa shape index (κ3) is 3.90. The molecule has 0 saturated carbocycles. The van der Waals surface area contributed by atoms with E-state index >= 15 is 0 Å². The number of carbonyl (C=O) groups is 1. The Labute approximate surface area is 99.9 Å². The first-order valence-corrected chi connectivity index (χ1v) is 6.60. The van der Waals surface area contributed by atoms with Crippen molar-refractivity contribution in [1.29, 1.82) is 0 Å². The van der Waals surface area contributed by atoms with E-state index in [9.17, 15) is 4.79 Å². The summed E-state index contributed by atoms with van der Waals surface area (Å²) < 4.78 is 5.26. The zero-order valence-electron chi connectivity index (χ0n) is 9.49. The van der Waals surface area contributed by atoms with Gasteiger partial charge in [-0.15, -0.1) is 0 Å². The molecule has 0 spiro atoms. The highest BCUT2D eigenvalue weighted by Gasteiger charge is 2.12. The number of carbonyl (C=O) groups excluding carboxylic acids is 1. The van der Waals surface area contributed by atoms with Crippen molar-refractivity contribution in [3.05, 3.63) is 23.7 Å². The molecule has 0 bridgehead atoms. The normalized spacial score (nSPS) is 10.4. The summed E-state index contributed by atoms with van der Waals surface area (Å²) >= 11 is 1.78. The molecular weight excluding hydrogens is 224 g/mol. The predicted molar refractivity (Wildman–Crippen MR) is 66.0 cm³/mol. The molecule has 3 N–H and O–H groups in total. The minimum absolute atomic E-state index is 0.294. The van der Waals surface area contributed by atoms with E-state index in [2.05, 4.69) is 12.3 Å². The average molecular weight is 242 g/mol. The molecule has 0 atom stereocenters. The number of nitrogens with one attached hydrogen (secondary N) is 1. The fraction of sp³-hybridized carbons (Fsp3) is 0.545. The highest BCUT2D eigenvalue weighted by atomic mass is 32.2. The van der Waals surface area contributed by atoms with E-state index in [4.69, 9.17) is 10.3 Å². The minimum Gasteiger partial charge on any atom is -0.468 e. The molecule has 4 nitrogen and oxygen atoms in total. The lowest BCUT2D eigenvalue weighted by Crippen LogP contribution is -2.30. The largest absolute Gasteiger partial charge is 0.468 e. The highest BCUT2D eigenvalue weighted by molar-refractivity contribution is 7.98. The first-order chi connectivity index (χ1) is 7.79. The summed E-state index contributed by atoms with van der Waals surface area (Å²) in [4.78, 5) is 11.3. The molecule has 0 unspecified atom stereocenters. The average Bonchev–Trinajstić information content (AvgIpc) is 2.76. The van der Waals surface area contributed by atoms with Gasteiger partial charge in [0.1, 0.15) is 5.76 Å². The first kappa shape index (κ1) is 13.1. The quantitative estimate of drug-likeness (QED) is 0.333. The summed E-state index contributed by atoms with van der Waals surface area (Å²) in [5.41, 5.74) is 2.64. The Hall–Kier alpha value is -0.940. The van der Waals surface area contributed by atoms with Crippen molar-refractivity contribution < 1.29 is 9.21 Å². The second-order valence-electron chi connectivity index (χ2n) is 3.49. The smallest absolute Gasteiger partial charge is 0.268 e. The number of nitrogens with two attached hydrogens (primary N) is 1. The van der Waals surface area contributed by atoms with Crippen molar-refractivity contribution in [2.24, 2.45) is 5.84 Å². The monoisotopic (exact) mass is 242 g/mol. The number of unbranched alkanes of at least 4 members (excludes halogenated alkanes) is 2. The maximum atomic E-state index is 11.3. The zero-order chi connectivity index (χ0) is 11.8. The van der Waals surface area contributed by atoms with Gasteiger partial charge in [-0.3, -0.25) is 10.2 Å². The molecule has 0 saturated heterocycles. The lowest BCUT2D eigenvalue weighted by Gasteiger charge is -2.01. The van der Waals surface area contributed by atoms with Crippen LogP contribution in [0.4, 0.5) is 0 Å². The molecule has 16 heavy (non-hydrogen) atoms. The van der Waals surface area contributed by atoms with Crippen molar-refractivity contribution in [2.75, 3.05) is 5.75 Å². The number of furan rings is 1. The summed E-state index contributed by atoms with van der Waals surface area (Å²) in [5.74, 6) is 7.30. The minimum atomic E-state index is -0.294. The number of amides is 1. The van der Waals surface area contributed by atoms with Crippen molar-refractivity contribution in [1.82, 2.24) is 5.43 Å². The van der Waals surface area contributed by atoms with E-state index in [1.54, 1.807) is 17.8 Å². The molecule has 1 aromatic rings. The van der Waals surface area contributed by atoms with Crippen LogP contribution in [-0.4, -0.2) is 11.7 Å². The fourth-order valence-corrected chi connectivity index (χ4v) is 2.31. The van der Waals surface area contributed by atoms with Crippen LogP contribution in [0.1, 0.15) is 42.3 Å². The van der Waals surface area contributed by atoms with Gasteiger partial charge in [0.15, 0.2) is 0 Å². The van der Waals surface area contributed by atoms with Crippen LogP contribution in [-0.2, 0) is 5.75 Å². The second-order valence-corrected chi connectivity index (χ2v) is 4.60. The number of nitrogen functional groups attached to an aromatic ring is 1. The zero-order valence-corrected chi connectivity index (χ0v) is 10.3. The Morgan fingerprint density at radius 2 is 2.38 bits per heavy atom. The van der Waals surface area contributed by atoms with Gasteiger partial charge in [-0.25, -0.2) is 5.84 Å². The van der Waals surface area contributed by atoms with Gasteiger partial charge in [0.05, 0.1) is 17.6 Å². The van der Waals surface area contributed by atoms with E-state index in [-0.39, 0.29) is 5.91 Å². The van der Waals surface area contributed by atoms with Crippen LogP contribution in [0.5, 0.6) is 0 Å². The molecule has 90 valence electrons. The van der Waals surface area contributed by atoms with Crippen molar-refractivity contribution in [3.63, 3.8) is 0 Å². The summed E-state index contributed by atoms with van der Waals surface area (Å²) in [6, 6.07) is 1.64. The van der Waals surface area contributed by atoms with Crippen molar-refractivity contribution in [3.8, 4) is 0 Å². The maximum Gasteiger partial charge on any atom is 0.268 e. The van der Waals surface area contributed by atoms with Crippen LogP contribution >= 0.6 is 11.8 Å². The number of hydrazine groups is 1. The van der Waals surface area contributed by atoms with Gasteiger partial charge >= 0.3 is 0 Å². The van der Waals surface area contributed by atoms with Crippen LogP contribution in [0, 0.1) is 0 Å². The Kier molecular flexibility index (Phi) is 6.03. The van der Waals surface area contributed by atoms with E-state index in [1.807, 2.05) is 0 Å². The molecule has 0 aliphatic rings. The molecule has 0 radical (unpaired) electrons. The summed E-state index contributed by atoms with van der Waals surface area (Å²) in [6.45, 7) is 2.18. The van der Waals surface area contributed by atoms with Gasteiger partial charge < -0.3 is 4.42 Å². The molecule has 0 fully saturated rings. The predicted octanol–water partition coefficient (Wildman–Crippen LogP) is 2.31. The lowest BCUT2D eigenvalue weighted by atomic mass is 10.2. The Bertz CT molecular complexity index is 326. The van der Waals surface area contributed by atoms with Gasteiger partial charge in [0, 0.05) is 0 Å². The summed E-state index contributed by atoms with van der Waals surface area (Å²) in [5, 5.41) is 0. The molecular formula is C11H18N2O2S. The molecule has 1 heterocycles. The molecule has 1 rings (SSSR count). The highest BCUT2D eigenvalue weighted by Crippen LogP contribution is 2.18. The van der Waals surface area contributed by atoms with Gasteiger partial charge in [-0.1, -0.05) is 19.8 Å². The van der Waals surface area contributed by atoms with Gasteiger partial charge in [-0.05, 0) is 18.2 Å². The lowest BCUT2D eigenvalue weighted by molar-refractivity contribution is 0.0952. The number of hydrogen-bond donors (Lipinski definition) is 2. The van der Waals surface area contributed by atoms with Crippen LogP contribution in [0.3, 0.4) is 0 Å². The SMILES string of the molecule is CCCCCSCc1occc1C(=O)NN. The third-order valence-electron chi connectivity index (χ3n) is 2.25. The Morgan fingerprint density at radius 3 is 3.06 bits per heavy atom. The standard InChI is InChI=1S/C11H18N2O2S/c1-2-3-4-7-16-8-10-9(5-6-15-10)11(14)13-12/h5-6H,2-4,7-8,12H2,1H3,(H,13,14). The molecule has 1 amide bonds. The first-order valence-electron chi connectivity index (χ1n) is 5.44. The van der Waals surface area contributed by atoms with Crippen LogP contribution in [0.2, 0.25) is 0 Å². The van der Waals surface area contributed by atoms with Crippen molar-refractivity contribution >= 4 is 17.7 Å². The molecule has 0 aliphatic carbocycles. The van der Waals surface area contributed by atoms with Gasteiger partial charge in [0.2, 0.25) is 0 Å². The van der Waals surface area contributed by atoms with E-state index in [0.717, 1.165) is 11.5 Å².